The van der Waals surface area contributed by atoms with Crippen LogP contribution in [0.2, 0.25) is 0 Å². The first-order valence-electron chi connectivity index (χ1n) is 8.01. The topological polar surface area (TPSA) is 35.5 Å². The molecule has 4 rings (SSSR count). The van der Waals surface area contributed by atoms with E-state index in [0.29, 0.717) is 11.7 Å². The molecular weight excluding hydrogens is 240 g/mol. The van der Waals surface area contributed by atoms with Gasteiger partial charge in [0.05, 0.1) is 5.60 Å². The lowest BCUT2D eigenvalue weighted by atomic mass is 9.76. The predicted molar refractivity (Wildman–Crippen MR) is 70.8 cm³/mol. The fourth-order valence-electron chi connectivity index (χ4n) is 4.64. The van der Waals surface area contributed by atoms with E-state index in [1.807, 2.05) is 0 Å². The van der Waals surface area contributed by atoms with Crippen molar-refractivity contribution in [2.24, 2.45) is 23.7 Å². The smallest absolute Gasteiger partial charge is 0.139 e. The van der Waals surface area contributed by atoms with Crippen molar-refractivity contribution in [1.82, 2.24) is 0 Å². The van der Waals surface area contributed by atoms with Crippen LogP contribution in [-0.4, -0.2) is 31.2 Å². The molecule has 2 aliphatic heterocycles. The standard InChI is InChI=1S/C16H24O3/c17-15(14-8-12-7-13(12)9-14)11-1-4-19-16(10-11)2-5-18-6-3-16/h11-14H,1-10H2. The Bertz CT molecular complexity index is 357. The van der Waals surface area contributed by atoms with Gasteiger partial charge < -0.3 is 9.47 Å². The Kier molecular flexibility index (Phi) is 2.96. The highest BCUT2D eigenvalue weighted by molar-refractivity contribution is 5.84. The predicted octanol–water partition coefficient (Wildman–Crippen LogP) is 2.58. The summed E-state index contributed by atoms with van der Waals surface area (Å²) < 4.78 is 11.5. The summed E-state index contributed by atoms with van der Waals surface area (Å²) in [5, 5.41) is 0. The van der Waals surface area contributed by atoms with Crippen LogP contribution in [-0.2, 0) is 14.3 Å². The summed E-state index contributed by atoms with van der Waals surface area (Å²) in [5.74, 6) is 3.05. The van der Waals surface area contributed by atoms with Crippen molar-refractivity contribution in [1.29, 1.82) is 0 Å². The van der Waals surface area contributed by atoms with Crippen molar-refractivity contribution in [2.45, 2.75) is 50.5 Å². The minimum Gasteiger partial charge on any atom is -0.381 e. The van der Waals surface area contributed by atoms with E-state index in [0.717, 1.165) is 57.3 Å². The Morgan fingerprint density at radius 2 is 1.68 bits per heavy atom. The number of hydrogen-bond acceptors (Lipinski definition) is 3. The fourth-order valence-corrected chi connectivity index (χ4v) is 4.64. The van der Waals surface area contributed by atoms with E-state index < -0.39 is 0 Å². The van der Waals surface area contributed by atoms with Crippen LogP contribution < -0.4 is 0 Å². The number of hydrogen-bond donors (Lipinski definition) is 0. The average Bonchev–Trinajstić information content (AvgIpc) is 3.05. The lowest BCUT2D eigenvalue weighted by molar-refractivity contribution is -0.159. The number of rotatable bonds is 2. The van der Waals surface area contributed by atoms with Crippen molar-refractivity contribution in [3.63, 3.8) is 0 Å². The van der Waals surface area contributed by atoms with Gasteiger partial charge in [-0.15, -0.1) is 0 Å². The van der Waals surface area contributed by atoms with Gasteiger partial charge in [-0.1, -0.05) is 0 Å². The van der Waals surface area contributed by atoms with Gasteiger partial charge >= 0.3 is 0 Å². The molecule has 0 aromatic rings. The van der Waals surface area contributed by atoms with E-state index in [2.05, 4.69) is 0 Å². The van der Waals surface area contributed by atoms with Crippen LogP contribution in [0.5, 0.6) is 0 Å². The molecule has 4 fully saturated rings. The lowest BCUT2D eigenvalue weighted by Gasteiger charge is -2.43. The zero-order chi connectivity index (χ0) is 12.9. The third-order valence-corrected chi connectivity index (χ3v) is 5.95. The molecule has 0 N–H and O–H groups in total. The van der Waals surface area contributed by atoms with Crippen LogP contribution in [0, 0.1) is 23.7 Å². The van der Waals surface area contributed by atoms with Crippen molar-refractivity contribution in [3.8, 4) is 0 Å². The van der Waals surface area contributed by atoms with Crippen molar-refractivity contribution >= 4 is 5.78 Å². The number of carbonyl (C=O) groups excluding carboxylic acids is 1. The van der Waals surface area contributed by atoms with Gasteiger partial charge in [0.15, 0.2) is 0 Å². The van der Waals surface area contributed by atoms with Crippen LogP contribution in [0.25, 0.3) is 0 Å². The first-order valence-corrected chi connectivity index (χ1v) is 8.01. The van der Waals surface area contributed by atoms with Crippen LogP contribution in [0.4, 0.5) is 0 Å². The van der Waals surface area contributed by atoms with E-state index in [4.69, 9.17) is 9.47 Å². The van der Waals surface area contributed by atoms with Gasteiger partial charge in [0.1, 0.15) is 5.78 Å². The number of carbonyl (C=O) groups is 1. The number of ketones is 1. The van der Waals surface area contributed by atoms with Crippen LogP contribution in [0.15, 0.2) is 0 Å². The molecule has 19 heavy (non-hydrogen) atoms. The maximum absolute atomic E-state index is 12.7. The molecule has 2 aliphatic carbocycles. The van der Waals surface area contributed by atoms with Gasteiger partial charge in [-0.3, -0.25) is 4.79 Å². The molecule has 2 heterocycles. The van der Waals surface area contributed by atoms with E-state index in [-0.39, 0.29) is 11.5 Å². The number of fused-ring (bicyclic) bond motifs is 1. The van der Waals surface area contributed by atoms with Crippen LogP contribution >= 0.6 is 0 Å². The Balaban J connectivity index is 1.41. The molecular formula is C16H24O3. The second-order valence-corrected chi connectivity index (χ2v) is 7.16. The molecule has 0 radical (unpaired) electrons. The molecule has 0 amide bonds. The highest BCUT2D eigenvalue weighted by Crippen LogP contribution is 2.55. The van der Waals surface area contributed by atoms with Crippen molar-refractivity contribution in [3.05, 3.63) is 0 Å². The van der Waals surface area contributed by atoms with E-state index >= 15 is 0 Å². The molecule has 0 aromatic heterocycles. The summed E-state index contributed by atoms with van der Waals surface area (Å²) in [4.78, 5) is 12.7. The summed E-state index contributed by atoms with van der Waals surface area (Å²) >= 11 is 0. The molecule has 3 atom stereocenters. The molecule has 0 aromatic carbocycles. The first-order chi connectivity index (χ1) is 9.26. The molecule has 3 unspecified atom stereocenters. The number of Topliss-reactive ketones (excluding diaryl/α,β-unsaturated/α-hetero) is 1. The molecule has 3 heteroatoms. The maximum atomic E-state index is 12.7. The monoisotopic (exact) mass is 264 g/mol. The number of ether oxygens (including phenoxy) is 2. The van der Waals surface area contributed by atoms with Gasteiger partial charge in [0, 0.05) is 31.7 Å². The van der Waals surface area contributed by atoms with Gasteiger partial charge in [0.2, 0.25) is 0 Å². The molecule has 1 spiro atoms. The highest BCUT2D eigenvalue weighted by Gasteiger charge is 2.50. The first kappa shape index (κ1) is 12.3. The molecule has 2 saturated carbocycles. The maximum Gasteiger partial charge on any atom is 0.139 e. The SMILES string of the molecule is O=C(C1CC2CC2C1)C1CCOC2(CCOCC2)C1. The molecule has 3 nitrogen and oxygen atoms in total. The molecule has 2 saturated heterocycles. The molecule has 4 aliphatic rings. The Morgan fingerprint density at radius 1 is 0.947 bits per heavy atom. The second kappa shape index (κ2) is 4.56. The average molecular weight is 264 g/mol. The summed E-state index contributed by atoms with van der Waals surface area (Å²) in [6.45, 7) is 2.37. The second-order valence-electron chi connectivity index (χ2n) is 7.16. The largest absolute Gasteiger partial charge is 0.381 e. The summed E-state index contributed by atoms with van der Waals surface area (Å²) in [5.41, 5.74) is -0.0294. The van der Waals surface area contributed by atoms with Crippen LogP contribution in [0.1, 0.15) is 44.9 Å². The third kappa shape index (κ3) is 2.25. The van der Waals surface area contributed by atoms with Crippen molar-refractivity contribution in [2.75, 3.05) is 19.8 Å². The van der Waals surface area contributed by atoms with Gasteiger partial charge in [0.25, 0.3) is 0 Å². The molecule has 0 bridgehead atoms. The van der Waals surface area contributed by atoms with E-state index in [1.165, 1.54) is 19.3 Å². The highest BCUT2D eigenvalue weighted by atomic mass is 16.5. The summed E-state index contributed by atoms with van der Waals surface area (Å²) in [6.07, 6.45) is 7.65. The zero-order valence-electron chi connectivity index (χ0n) is 11.6. The van der Waals surface area contributed by atoms with Gasteiger partial charge in [-0.25, -0.2) is 0 Å². The zero-order valence-corrected chi connectivity index (χ0v) is 11.6. The Labute approximate surface area is 115 Å². The summed E-state index contributed by atoms with van der Waals surface area (Å²) in [7, 11) is 0. The minimum atomic E-state index is -0.0294. The Hall–Kier alpha value is -0.410. The van der Waals surface area contributed by atoms with Crippen molar-refractivity contribution < 1.29 is 14.3 Å². The van der Waals surface area contributed by atoms with E-state index in [1.54, 1.807) is 0 Å². The quantitative estimate of drug-likeness (QED) is 0.769. The summed E-state index contributed by atoms with van der Waals surface area (Å²) in [6, 6.07) is 0. The minimum absolute atomic E-state index is 0.0294. The third-order valence-electron chi connectivity index (χ3n) is 5.95. The fraction of sp³-hybridized carbons (Fsp3) is 0.938. The Morgan fingerprint density at radius 3 is 2.42 bits per heavy atom. The molecule has 106 valence electrons. The lowest BCUT2D eigenvalue weighted by Crippen LogP contribution is -2.46. The van der Waals surface area contributed by atoms with Gasteiger partial charge in [-0.2, -0.15) is 0 Å². The van der Waals surface area contributed by atoms with E-state index in [9.17, 15) is 4.79 Å². The normalized spacial score (nSPS) is 44.0. The van der Waals surface area contributed by atoms with Crippen LogP contribution in [0.3, 0.4) is 0 Å². The van der Waals surface area contributed by atoms with Gasteiger partial charge in [-0.05, 0) is 56.8 Å².